The summed E-state index contributed by atoms with van der Waals surface area (Å²) >= 11 is 0. The van der Waals surface area contributed by atoms with Crippen molar-refractivity contribution in [3.05, 3.63) is 0 Å². The van der Waals surface area contributed by atoms with Crippen molar-refractivity contribution >= 4 is 5.91 Å². The average Bonchev–Trinajstić information content (AvgIpc) is 2.28. The van der Waals surface area contributed by atoms with Crippen molar-refractivity contribution in [3.63, 3.8) is 0 Å². The maximum Gasteiger partial charge on any atom is 0.391 e. The Hall–Kier alpha value is -0.780. The number of aliphatic hydroxyl groups excluding tert-OH is 1. The predicted molar refractivity (Wildman–Crippen MR) is 60.8 cm³/mol. The minimum absolute atomic E-state index is 0.0444. The zero-order valence-corrected chi connectivity index (χ0v) is 10.5. The van der Waals surface area contributed by atoms with Gasteiger partial charge in [0.25, 0.3) is 0 Å². The standard InChI is InChI=1S/C12H20F3NO2/c1-8(5-6-17)16-11(18)9-3-2-4-10(7-9)12(13,14)15/h8-10,17H,2-7H2,1H3,(H,16,18). The molecule has 0 bridgehead atoms. The van der Waals surface area contributed by atoms with Crippen molar-refractivity contribution in [3.8, 4) is 0 Å². The Morgan fingerprint density at radius 1 is 1.44 bits per heavy atom. The Bertz CT molecular complexity index is 281. The highest BCUT2D eigenvalue weighted by atomic mass is 19.4. The number of carbonyl (C=O) groups excluding carboxylic acids is 1. The zero-order chi connectivity index (χ0) is 13.8. The van der Waals surface area contributed by atoms with Gasteiger partial charge < -0.3 is 10.4 Å². The lowest BCUT2D eigenvalue weighted by atomic mass is 9.80. The summed E-state index contributed by atoms with van der Waals surface area (Å²) in [6, 6.07) is -0.200. The van der Waals surface area contributed by atoms with Crippen molar-refractivity contribution < 1.29 is 23.1 Å². The summed E-state index contributed by atoms with van der Waals surface area (Å²) in [7, 11) is 0. The van der Waals surface area contributed by atoms with Crippen LogP contribution in [0, 0.1) is 11.8 Å². The van der Waals surface area contributed by atoms with E-state index in [9.17, 15) is 18.0 Å². The Morgan fingerprint density at radius 2 is 2.11 bits per heavy atom. The topological polar surface area (TPSA) is 49.3 Å². The van der Waals surface area contributed by atoms with E-state index in [4.69, 9.17) is 5.11 Å². The molecule has 0 aliphatic heterocycles. The summed E-state index contributed by atoms with van der Waals surface area (Å²) in [5.74, 6) is -2.22. The van der Waals surface area contributed by atoms with Crippen LogP contribution in [0.2, 0.25) is 0 Å². The minimum Gasteiger partial charge on any atom is -0.396 e. The third kappa shape index (κ3) is 4.48. The van der Waals surface area contributed by atoms with Crippen LogP contribution in [0.3, 0.4) is 0 Å². The fourth-order valence-corrected chi connectivity index (χ4v) is 2.35. The quantitative estimate of drug-likeness (QED) is 0.820. The van der Waals surface area contributed by atoms with Gasteiger partial charge in [-0.05, 0) is 32.6 Å². The van der Waals surface area contributed by atoms with Crippen LogP contribution in [0.15, 0.2) is 0 Å². The molecule has 106 valence electrons. The summed E-state index contributed by atoms with van der Waals surface area (Å²) in [4.78, 5) is 11.8. The fourth-order valence-electron chi connectivity index (χ4n) is 2.35. The molecular weight excluding hydrogens is 247 g/mol. The van der Waals surface area contributed by atoms with Crippen molar-refractivity contribution in [2.75, 3.05) is 6.61 Å². The largest absolute Gasteiger partial charge is 0.396 e. The molecule has 0 radical (unpaired) electrons. The second-order valence-electron chi connectivity index (χ2n) is 5.02. The third-order valence-corrected chi connectivity index (χ3v) is 3.46. The molecule has 1 saturated carbocycles. The molecule has 1 rings (SSSR count). The van der Waals surface area contributed by atoms with Crippen LogP contribution >= 0.6 is 0 Å². The molecule has 0 spiro atoms. The van der Waals surface area contributed by atoms with Gasteiger partial charge >= 0.3 is 6.18 Å². The smallest absolute Gasteiger partial charge is 0.391 e. The SMILES string of the molecule is CC(CCO)NC(=O)C1CCCC(C(F)(F)F)C1. The van der Waals surface area contributed by atoms with Crippen LogP contribution < -0.4 is 5.32 Å². The predicted octanol–water partition coefficient (Wildman–Crippen LogP) is 2.24. The lowest BCUT2D eigenvalue weighted by molar-refractivity contribution is -0.186. The van der Waals surface area contributed by atoms with Crippen LogP contribution in [0.4, 0.5) is 13.2 Å². The van der Waals surface area contributed by atoms with Gasteiger partial charge in [-0.2, -0.15) is 13.2 Å². The molecular formula is C12H20F3NO2. The monoisotopic (exact) mass is 267 g/mol. The van der Waals surface area contributed by atoms with E-state index in [1.54, 1.807) is 6.92 Å². The van der Waals surface area contributed by atoms with Crippen LogP contribution in [0.5, 0.6) is 0 Å². The molecule has 3 atom stereocenters. The van der Waals surface area contributed by atoms with Crippen LogP contribution in [-0.2, 0) is 4.79 Å². The molecule has 0 aromatic carbocycles. The number of hydrogen-bond acceptors (Lipinski definition) is 2. The van der Waals surface area contributed by atoms with E-state index in [0.29, 0.717) is 19.3 Å². The lowest BCUT2D eigenvalue weighted by Gasteiger charge is -2.30. The van der Waals surface area contributed by atoms with Crippen molar-refractivity contribution in [1.82, 2.24) is 5.32 Å². The number of carbonyl (C=O) groups is 1. The molecule has 3 nitrogen and oxygen atoms in total. The molecule has 0 heterocycles. The normalized spacial score (nSPS) is 26.7. The number of rotatable bonds is 4. The molecule has 18 heavy (non-hydrogen) atoms. The highest BCUT2D eigenvalue weighted by molar-refractivity contribution is 5.79. The van der Waals surface area contributed by atoms with Crippen molar-refractivity contribution in [2.24, 2.45) is 11.8 Å². The Labute approximate surface area is 105 Å². The first kappa shape index (κ1) is 15.3. The van der Waals surface area contributed by atoms with Crippen LogP contribution in [0.25, 0.3) is 0 Å². The van der Waals surface area contributed by atoms with Gasteiger partial charge in [0.1, 0.15) is 0 Å². The highest BCUT2D eigenvalue weighted by Gasteiger charge is 2.43. The van der Waals surface area contributed by atoms with E-state index in [1.165, 1.54) is 0 Å². The molecule has 2 N–H and O–H groups in total. The minimum atomic E-state index is -4.20. The fraction of sp³-hybridized carbons (Fsp3) is 0.917. The Morgan fingerprint density at radius 3 is 2.67 bits per heavy atom. The molecule has 1 aliphatic rings. The maximum atomic E-state index is 12.6. The third-order valence-electron chi connectivity index (χ3n) is 3.46. The van der Waals surface area contributed by atoms with Crippen LogP contribution in [0.1, 0.15) is 39.0 Å². The summed E-state index contributed by atoms with van der Waals surface area (Å²) < 4.78 is 37.8. The zero-order valence-electron chi connectivity index (χ0n) is 10.5. The molecule has 6 heteroatoms. The first-order valence-corrected chi connectivity index (χ1v) is 6.32. The summed E-state index contributed by atoms with van der Waals surface area (Å²) in [5.41, 5.74) is 0. The molecule has 1 fully saturated rings. The average molecular weight is 267 g/mol. The second kappa shape index (κ2) is 6.41. The summed E-state index contributed by atoms with van der Waals surface area (Å²) in [6.45, 7) is 1.69. The number of nitrogens with one attached hydrogen (secondary N) is 1. The number of halogens is 3. The molecule has 1 aliphatic carbocycles. The van der Waals surface area contributed by atoms with Crippen molar-refractivity contribution in [2.45, 2.75) is 51.2 Å². The number of alkyl halides is 3. The molecule has 0 aromatic heterocycles. The Balaban J connectivity index is 2.48. The van der Waals surface area contributed by atoms with Gasteiger partial charge in [0.15, 0.2) is 0 Å². The highest BCUT2D eigenvalue weighted by Crippen LogP contribution is 2.39. The molecule has 0 aromatic rings. The van der Waals surface area contributed by atoms with E-state index in [-0.39, 0.29) is 31.4 Å². The van der Waals surface area contributed by atoms with Gasteiger partial charge in [-0.3, -0.25) is 4.79 Å². The summed E-state index contributed by atoms with van der Waals surface area (Å²) in [5, 5.41) is 11.4. The number of amides is 1. The first-order valence-electron chi connectivity index (χ1n) is 6.32. The van der Waals surface area contributed by atoms with E-state index >= 15 is 0 Å². The number of hydrogen-bond donors (Lipinski definition) is 2. The number of aliphatic hydroxyl groups is 1. The van der Waals surface area contributed by atoms with Gasteiger partial charge in [0.05, 0.1) is 5.92 Å². The van der Waals surface area contributed by atoms with E-state index < -0.39 is 18.0 Å². The van der Waals surface area contributed by atoms with Gasteiger partial charge in [-0.1, -0.05) is 6.42 Å². The first-order chi connectivity index (χ1) is 8.34. The maximum absolute atomic E-state index is 12.6. The molecule has 3 unspecified atom stereocenters. The van der Waals surface area contributed by atoms with Crippen molar-refractivity contribution in [1.29, 1.82) is 0 Å². The van der Waals surface area contributed by atoms with Gasteiger partial charge in [0.2, 0.25) is 5.91 Å². The molecule has 1 amide bonds. The van der Waals surface area contributed by atoms with E-state index in [0.717, 1.165) is 0 Å². The second-order valence-corrected chi connectivity index (χ2v) is 5.02. The Kier molecular flexibility index (Phi) is 5.44. The van der Waals surface area contributed by atoms with E-state index in [2.05, 4.69) is 5.32 Å². The van der Waals surface area contributed by atoms with Crippen LogP contribution in [-0.4, -0.2) is 29.8 Å². The lowest BCUT2D eigenvalue weighted by Crippen LogP contribution is -2.41. The summed E-state index contributed by atoms with van der Waals surface area (Å²) in [6.07, 6.45) is -2.81. The van der Waals surface area contributed by atoms with Gasteiger partial charge in [-0.25, -0.2) is 0 Å². The van der Waals surface area contributed by atoms with Gasteiger partial charge in [0, 0.05) is 18.6 Å². The molecule has 0 saturated heterocycles. The van der Waals surface area contributed by atoms with Gasteiger partial charge in [-0.15, -0.1) is 0 Å². The van der Waals surface area contributed by atoms with E-state index in [1.807, 2.05) is 0 Å².